The summed E-state index contributed by atoms with van der Waals surface area (Å²) in [4.78, 5) is 19.1. The number of hydrogen-bond donors (Lipinski definition) is 0. The van der Waals surface area contributed by atoms with Gasteiger partial charge in [-0.2, -0.15) is 5.10 Å². The van der Waals surface area contributed by atoms with Crippen LogP contribution in [0, 0.1) is 13.8 Å². The number of aryl methyl sites for hydroxylation is 2. The number of carbonyl (C=O) groups is 1. The zero-order valence-electron chi connectivity index (χ0n) is 14.7. The molecule has 0 radical (unpaired) electrons. The highest BCUT2D eigenvalue weighted by molar-refractivity contribution is 7.09. The Morgan fingerprint density at radius 3 is 3.00 bits per heavy atom. The molecule has 4 rings (SSSR count). The number of thiazole rings is 1. The number of carbonyl (C=O) groups excluding carboxylic acids is 1. The summed E-state index contributed by atoms with van der Waals surface area (Å²) in [5, 5.41) is 7.38. The molecule has 1 aliphatic rings. The molecule has 3 aromatic heterocycles. The van der Waals surface area contributed by atoms with Crippen molar-refractivity contribution >= 4 is 17.2 Å². The van der Waals surface area contributed by atoms with Crippen molar-refractivity contribution in [2.24, 2.45) is 0 Å². The van der Waals surface area contributed by atoms with E-state index in [1.54, 1.807) is 34.8 Å². The molecule has 0 saturated heterocycles. The first-order chi connectivity index (χ1) is 12.6. The van der Waals surface area contributed by atoms with Crippen LogP contribution in [0.15, 0.2) is 34.4 Å². The van der Waals surface area contributed by atoms with Gasteiger partial charge in [0.15, 0.2) is 5.76 Å². The van der Waals surface area contributed by atoms with Crippen LogP contribution in [0.25, 0.3) is 0 Å². The first-order valence-electron chi connectivity index (χ1n) is 8.47. The minimum Gasteiger partial charge on any atom is -0.459 e. The van der Waals surface area contributed by atoms with E-state index in [4.69, 9.17) is 9.15 Å². The first-order valence-corrected chi connectivity index (χ1v) is 9.35. The predicted octanol–water partition coefficient (Wildman–Crippen LogP) is 2.79. The smallest absolute Gasteiger partial charge is 0.290 e. The Labute approximate surface area is 155 Å². The zero-order chi connectivity index (χ0) is 18.1. The fourth-order valence-corrected chi connectivity index (χ4v) is 3.69. The van der Waals surface area contributed by atoms with E-state index in [2.05, 4.69) is 10.1 Å². The van der Waals surface area contributed by atoms with Gasteiger partial charge in [-0.05, 0) is 26.0 Å². The lowest BCUT2D eigenvalue weighted by Gasteiger charge is -2.23. The molecule has 0 spiro atoms. The molecule has 3 aromatic rings. The largest absolute Gasteiger partial charge is 0.459 e. The molecule has 1 atom stereocenters. The number of amides is 1. The Morgan fingerprint density at radius 1 is 1.38 bits per heavy atom. The molecular formula is C18H20N4O3S. The van der Waals surface area contributed by atoms with E-state index in [1.807, 2.05) is 30.0 Å². The van der Waals surface area contributed by atoms with Gasteiger partial charge in [0.1, 0.15) is 0 Å². The van der Waals surface area contributed by atoms with Crippen LogP contribution in [0.1, 0.15) is 32.5 Å². The number of furan rings is 1. The summed E-state index contributed by atoms with van der Waals surface area (Å²) in [6, 6.07) is 3.73. The minimum absolute atomic E-state index is 0.125. The lowest BCUT2D eigenvalue weighted by atomic mass is 10.2. The number of aromatic nitrogens is 3. The second-order valence-electron chi connectivity index (χ2n) is 6.41. The van der Waals surface area contributed by atoms with E-state index in [0.717, 1.165) is 22.0 Å². The third-order valence-electron chi connectivity index (χ3n) is 4.43. The number of hydrogen-bond acceptors (Lipinski definition) is 6. The van der Waals surface area contributed by atoms with Crippen LogP contribution in [-0.2, 0) is 24.4 Å². The van der Waals surface area contributed by atoms with Gasteiger partial charge in [-0.25, -0.2) is 4.98 Å². The normalized spacial score (nSPS) is 17.2. The quantitative estimate of drug-likeness (QED) is 0.704. The van der Waals surface area contributed by atoms with Gasteiger partial charge in [0.2, 0.25) is 0 Å². The van der Waals surface area contributed by atoms with Gasteiger partial charge in [0.05, 0.1) is 48.5 Å². The summed E-state index contributed by atoms with van der Waals surface area (Å²) in [7, 11) is 0. The Morgan fingerprint density at radius 2 is 2.27 bits per heavy atom. The molecular weight excluding hydrogens is 352 g/mol. The fraction of sp³-hybridized carbons (Fsp3) is 0.389. The molecule has 4 heterocycles. The summed E-state index contributed by atoms with van der Waals surface area (Å²) in [6.45, 7) is 5.83. The van der Waals surface area contributed by atoms with Crippen LogP contribution < -0.4 is 0 Å². The Kier molecular flexibility index (Phi) is 4.60. The van der Waals surface area contributed by atoms with Gasteiger partial charge in [0, 0.05) is 23.7 Å². The maximum Gasteiger partial charge on any atom is 0.290 e. The van der Waals surface area contributed by atoms with Crippen molar-refractivity contribution in [1.29, 1.82) is 0 Å². The molecule has 0 aliphatic carbocycles. The standard InChI is InChI=1S/C18H20N4O3S/c1-12-4-6-24-17(12)18(23)21-7-15-3-5-19-22(15)9-16(8-21)25-10-14-11-26-13(2)20-14/h3-6,11,16H,7-10H2,1-2H3. The van der Waals surface area contributed by atoms with E-state index in [0.29, 0.717) is 32.0 Å². The van der Waals surface area contributed by atoms with Crippen LogP contribution in [-0.4, -0.2) is 38.2 Å². The molecule has 0 N–H and O–H groups in total. The third-order valence-corrected chi connectivity index (χ3v) is 5.26. The molecule has 8 heteroatoms. The van der Waals surface area contributed by atoms with Crippen molar-refractivity contribution in [3.05, 3.63) is 57.7 Å². The van der Waals surface area contributed by atoms with Crippen LogP contribution >= 0.6 is 11.3 Å². The molecule has 0 saturated carbocycles. The van der Waals surface area contributed by atoms with Gasteiger partial charge in [-0.15, -0.1) is 11.3 Å². The Balaban J connectivity index is 1.53. The topological polar surface area (TPSA) is 73.4 Å². The van der Waals surface area contributed by atoms with E-state index in [1.165, 1.54) is 0 Å². The highest BCUT2D eigenvalue weighted by Crippen LogP contribution is 2.20. The van der Waals surface area contributed by atoms with Crippen molar-refractivity contribution < 1.29 is 13.9 Å². The van der Waals surface area contributed by atoms with Gasteiger partial charge in [-0.1, -0.05) is 0 Å². The SMILES string of the molecule is Cc1nc(COC2CN(C(=O)c3occc3C)Cc3ccnn3C2)cs1. The van der Waals surface area contributed by atoms with Crippen LogP contribution in [0.4, 0.5) is 0 Å². The molecule has 1 amide bonds. The zero-order valence-corrected chi connectivity index (χ0v) is 15.5. The Bertz CT molecular complexity index is 913. The molecule has 136 valence electrons. The third kappa shape index (κ3) is 3.42. The van der Waals surface area contributed by atoms with Gasteiger partial charge in [-0.3, -0.25) is 9.48 Å². The summed E-state index contributed by atoms with van der Waals surface area (Å²) in [6.07, 6.45) is 3.13. The number of nitrogens with zero attached hydrogens (tertiary/aromatic N) is 4. The maximum atomic E-state index is 12.9. The lowest BCUT2D eigenvalue weighted by Crippen LogP contribution is -2.37. The van der Waals surface area contributed by atoms with Crippen molar-refractivity contribution in [2.75, 3.05) is 6.54 Å². The summed E-state index contributed by atoms with van der Waals surface area (Å²) in [5.41, 5.74) is 2.73. The summed E-state index contributed by atoms with van der Waals surface area (Å²) in [5.74, 6) is 0.257. The van der Waals surface area contributed by atoms with E-state index < -0.39 is 0 Å². The van der Waals surface area contributed by atoms with Crippen LogP contribution in [0.3, 0.4) is 0 Å². The van der Waals surface area contributed by atoms with Crippen molar-refractivity contribution in [3.63, 3.8) is 0 Å². The van der Waals surface area contributed by atoms with Crippen LogP contribution in [0.5, 0.6) is 0 Å². The Hall–Kier alpha value is -2.45. The van der Waals surface area contributed by atoms with Gasteiger partial charge < -0.3 is 14.1 Å². The van der Waals surface area contributed by atoms with Gasteiger partial charge >= 0.3 is 0 Å². The fourth-order valence-electron chi connectivity index (χ4n) is 3.09. The molecule has 0 fully saturated rings. The molecule has 0 bridgehead atoms. The molecule has 1 aliphatic heterocycles. The highest BCUT2D eigenvalue weighted by atomic mass is 32.1. The summed E-state index contributed by atoms with van der Waals surface area (Å²) < 4.78 is 13.4. The highest BCUT2D eigenvalue weighted by Gasteiger charge is 2.29. The average molecular weight is 372 g/mol. The second-order valence-corrected chi connectivity index (χ2v) is 7.48. The number of rotatable bonds is 4. The maximum absolute atomic E-state index is 12.9. The monoisotopic (exact) mass is 372 g/mol. The molecule has 7 nitrogen and oxygen atoms in total. The minimum atomic E-state index is -0.169. The van der Waals surface area contributed by atoms with Gasteiger partial charge in [0.25, 0.3) is 5.91 Å². The van der Waals surface area contributed by atoms with Crippen LogP contribution in [0.2, 0.25) is 0 Å². The van der Waals surface area contributed by atoms with Crippen molar-refractivity contribution in [1.82, 2.24) is 19.7 Å². The molecule has 26 heavy (non-hydrogen) atoms. The molecule has 1 unspecified atom stereocenters. The second kappa shape index (κ2) is 7.05. The van der Waals surface area contributed by atoms with Crippen molar-refractivity contribution in [2.45, 2.75) is 39.6 Å². The lowest BCUT2D eigenvalue weighted by molar-refractivity contribution is 0.00729. The average Bonchev–Trinajstić information content (AvgIpc) is 3.32. The predicted molar refractivity (Wildman–Crippen MR) is 95.8 cm³/mol. The first kappa shape index (κ1) is 17.0. The summed E-state index contributed by atoms with van der Waals surface area (Å²) >= 11 is 1.60. The number of ether oxygens (including phenoxy) is 1. The van der Waals surface area contributed by atoms with E-state index in [-0.39, 0.29) is 12.0 Å². The molecule has 0 aromatic carbocycles. The number of fused-ring (bicyclic) bond motifs is 1. The van der Waals surface area contributed by atoms with E-state index in [9.17, 15) is 4.79 Å². The van der Waals surface area contributed by atoms with Crippen molar-refractivity contribution in [3.8, 4) is 0 Å². The van der Waals surface area contributed by atoms with E-state index >= 15 is 0 Å².